The maximum Gasteiger partial charge on any atom is 1.00 e. The van der Waals surface area contributed by atoms with E-state index in [0.717, 1.165) is 0 Å². The summed E-state index contributed by atoms with van der Waals surface area (Å²) in [5, 5.41) is 11.4. The second-order valence-corrected chi connectivity index (χ2v) is 0.287. The van der Waals surface area contributed by atoms with Crippen LogP contribution < -0.4 is 56.5 Å². The van der Waals surface area contributed by atoms with Gasteiger partial charge in [0.25, 0.3) is 0 Å². The molecule has 4 heteroatoms. The third kappa shape index (κ3) is 11.0. The van der Waals surface area contributed by atoms with Gasteiger partial charge in [-0.2, -0.15) is 0 Å². The zero-order valence-electron chi connectivity index (χ0n) is 3.06. The molecule has 24 valence electrons. The van der Waals surface area contributed by atoms with Crippen molar-refractivity contribution >= 4 is 0 Å². The summed E-state index contributed by atoms with van der Waals surface area (Å²) < 4.78 is 0. The van der Waals surface area contributed by atoms with E-state index in [1.165, 1.54) is 0 Å². The van der Waals surface area contributed by atoms with E-state index >= 15 is 0 Å². The third-order valence-electron chi connectivity index (χ3n) is 0.0645. The van der Waals surface area contributed by atoms with E-state index in [0.29, 0.717) is 0 Å². The van der Waals surface area contributed by atoms with Gasteiger partial charge >= 0.3 is 51.4 Å². The van der Waals surface area contributed by atoms with Crippen molar-refractivity contribution in [2.45, 2.75) is 0 Å². The van der Waals surface area contributed by atoms with Crippen molar-refractivity contribution < 1.29 is 56.5 Å². The van der Waals surface area contributed by atoms with Crippen LogP contribution >= 0.6 is 0 Å². The predicted molar refractivity (Wildman–Crippen MR) is 10.0 cm³/mol. The minimum absolute atomic E-state index is 0. The molecule has 0 aromatic carbocycles. The van der Waals surface area contributed by atoms with Crippen LogP contribution in [0, 0.1) is 5.53 Å². The zero-order chi connectivity index (χ0) is 3.41. The average molecular weight is 98.1 g/mol. The van der Waals surface area contributed by atoms with E-state index in [2.05, 4.69) is 5.11 Å². The Morgan fingerprint density at radius 1 is 1.80 bits per heavy atom. The molecule has 0 spiro atoms. The molecule has 0 unspecified atom stereocenters. The van der Waals surface area contributed by atoms with Crippen molar-refractivity contribution in [1.29, 1.82) is 5.53 Å². The van der Waals surface area contributed by atoms with Gasteiger partial charge in [0.05, 0.1) is 0 Å². The zero-order valence-corrected chi connectivity index (χ0v) is 6.19. The molecule has 0 rings (SSSR count). The molecule has 0 saturated carbocycles. The quantitative estimate of drug-likeness (QED) is 0.267. The van der Waals surface area contributed by atoms with E-state index in [1.54, 1.807) is 0 Å². The van der Waals surface area contributed by atoms with Crippen LogP contribution in [-0.2, 0) is 0 Å². The van der Waals surface area contributed by atoms with E-state index in [4.69, 9.17) is 10.6 Å². The van der Waals surface area contributed by atoms with Gasteiger partial charge in [-0.05, 0) is 6.73 Å². The Kier molecular flexibility index (Phi) is 17.0. The van der Waals surface area contributed by atoms with Gasteiger partial charge in [-0.15, -0.1) is 0 Å². The fraction of sp³-hybridized carbons (Fsp3) is 1.00. The van der Waals surface area contributed by atoms with E-state index < -0.39 is 6.73 Å². The van der Waals surface area contributed by atoms with Gasteiger partial charge in [-0.25, -0.2) is 10.6 Å². The number of rotatable bonds is 1. The topological polar surface area (TPSA) is 59.3 Å². The Hall–Kier alpha value is 1.20. The SMILES string of the molecule is N=NC[O-].[K+]. The maximum atomic E-state index is 8.94. The van der Waals surface area contributed by atoms with Crippen LogP contribution in [0.5, 0.6) is 0 Å². The Morgan fingerprint density at radius 3 is 2.00 bits per heavy atom. The minimum atomic E-state index is -0.639. The summed E-state index contributed by atoms with van der Waals surface area (Å²) in [5.74, 6) is 0. The molecule has 0 radical (unpaired) electrons. The van der Waals surface area contributed by atoms with Gasteiger partial charge in [0, 0.05) is 0 Å². The van der Waals surface area contributed by atoms with Gasteiger partial charge in [-0.1, -0.05) is 0 Å². The Morgan fingerprint density at radius 2 is 2.00 bits per heavy atom. The molecule has 0 aliphatic carbocycles. The molecular weight excluding hydrogens is 95.1 g/mol. The van der Waals surface area contributed by atoms with Crippen molar-refractivity contribution in [1.82, 2.24) is 0 Å². The minimum Gasteiger partial charge on any atom is -0.836 e. The van der Waals surface area contributed by atoms with Gasteiger partial charge in [0.2, 0.25) is 0 Å². The fourth-order valence-electron chi connectivity index (χ4n) is 0. The molecule has 0 aromatic rings. The van der Waals surface area contributed by atoms with Gasteiger partial charge in [0.1, 0.15) is 0 Å². The van der Waals surface area contributed by atoms with Crippen molar-refractivity contribution in [3.63, 3.8) is 0 Å². The Balaban J connectivity index is 0. The van der Waals surface area contributed by atoms with Crippen LogP contribution in [0.25, 0.3) is 0 Å². The molecule has 3 nitrogen and oxygen atoms in total. The van der Waals surface area contributed by atoms with E-state index in [-0.39, 0.29) is 51.4 Å². The van der Waals surface area contributed by atoms with E-state index in [1.807, 2.05) is 0 Å². The second-order valence-electron chi connectivity index (χ2n) is 0.287. The standard InChI is InChI=1S/CH3N2O.K/c2-3-1-4;/h2H,1H2;/q-1;+1. The first-order valence-electron chi connectivity index (χ1n) is 0.829. The van der Waals surface area contributed by atoms with Gasteiger partial charge in [0.15, 0.2) is 0 Å². The van der Waals surface area contributed by atoms with Crippen LogP contribution in [-0.4, -0.2) is 6.73 Å². The first-order valence-corrected chi connectivity index (χ1v) is 0.829. The molecule has 0 bridgehead atoms. The molecular formula is CH3KN2O. The summed E-state index contributed by atoms with van der Waals surface area (Å²) in [5.41, 5.74) is 5.76. The number of hydrogen-bond acceptors (Lipinski definition) is 3. The molecule has 0 atom stereocenters. The summed E-state index contributed by atoms with van der Waals surface area (Å²) in [6, 6.07) is 0. The fourth-order valence-corrected chi connectivity index (χ4v) is 0. The summed E-state index contributed by atoms with van der Waals surface area (Å²) in [6.45, 7) is -0.639. The Labute approximate surface area is 72.7 Å². The van der Waals surface area contributed by atoms with Crippen molar-refractivity contribution in [2.24, 2.45) is 5.11 Å². The molecule has 0 aliphatic heterocycles. The molecule has 0 heterocycles. The molecule has 0 aromatic heterocycles. The number of hydrogen-bond donors (Lipinski definition) is 1. The normalized spacial score (nSPS) is 5.00. The molecule has 0 amide bonds. The predicted octanol–water partition coefficient (Wildman–Crippen LogP) is -3.66. The number of nitrogens with zero attached hydrogens (tertiary/aromatic N) is 1. The van der Waals surface area contributed by atoms with Crippen molar-refractivity contribution in [3.8, 4) is 0 Å². The molecule has 0 aliphatic rings. The Bertz CT molecular complexity index is 23.6. The van der Waals surface area contributed by atoms with Crippen LogP contribution in [0.2, 0.25) is 0 Å². The largest absolute Gasteiger partial charge is 1.00 e. The van der Waals surface area contributed by atoms with Gasteiger partial charge < -0.3 is 5.11 Å². The number of nitrogens with one attached hydrogen (secondary N) is 1. The molecule has 5 heavy (non-hydrogen) atoms. The molecule has 0 saturated heterocycles. The second kappa shape index (κ2) is 8.96. The van der Waals surface area contributed by atoms with Crippen LogP contribution in [0.3, 0.4) is 0 Å². The summed E-state index contributed by atoms with van der Waals surface area (Å²) >= 11 is 0. The molecule has 0 fully saturated rings. The van der Waals surface area contributed by atoms with Crippen LogP contribution in [0.1, 0.15) is 0 Å². The third-order valence-corrected chi connectivity index (χ3v) is 0.0645. The van der Waals surface area contributed by atoms with Crippen LogP contribution in [0.4, 0.5) is 0 Å². The summed E-state index contributed by atoms with van der Waals surface area (Å²) in [7, 11) is 0. The average Bonchev–Trinajstić information content (AvgIpc) is 1.37. The maximum absolute atomic E-state index is 8.94. The first kappa shape index (κ1) is 9.50. The van der Waals surface area contributed by atoms with Crippen molar-refractivity contribution in [3.05, 3.63) is 0 Å². The smallest absolute Gasteiger partial charge is 0.836 e. The van der Waals surface area contributed by atoms with E-state index in [9.17, 15) is 0 Å². The monoisotopic (exact) mass is 98.0 g/mol. The van der Waals surface area contributed by atoms with Crippen molar-refractivity contribution in [2.75, 3.05) is 6.73 Å². The summed E-state index contributed by atoms with van der Waals surface area (Å²) in [4.78, 5) is 0. The summed E-state index contributed by atoms with van der Waals surface area (Å²) in [6.07, 6.45) is 0. The van der Waals surface area contributed by atoms with Gasteiger partial charge in [-0.3, -0.25) is 0 Å². The first-order chi connectivity index (χ1) is 1.91. The van der Waals surface area contributed by atoms with Crippen LogP contribution in [0.15, 0.2) is 5.11 Å². The molecule has 1 N–H and O–H groups in total.